The third kappa shape index (κ3) is 3.09. The van der Waals surface area contributed by atoms with E-state index >= 15 is 0 Å². The van der Waals surface area contributed by atoms with Crippen molar-refractivity contribution >= 4 is 52.1 Å². The van der Waals surface area contributed by atoms with E-state index in [1.54, 1.807) is 6.07 Å². The highest BCUT2D eigenvalue weighted by Gasteiger charge is 2.32. The van der Waals surface area contributed by atoms with Gasteiger partial charge in [0.15, 0.2) is 6.73 Å². The van der Waals surface area contributed by atoms with Gasteiger partial charge in [0, 0.05) is 20.5 Å². The van der Waals surface area contributed by atoms with Gasteiger partial charge in [-0.05, 0) is 29.8 Å². The molecule has 0 saturated carbocycles. The molecule has 26 heavy (non-hydrogen) atoms. The standard InChI is InChI=1S/C19H11Cl2NO3S/c20-13-6-12(7-14(21)8-13)18(23)22-10-25-19(24)17-15(22)9-16(26-17)11-4-2-1-3-5-11/h1-9H,10H2. The van der Waals surface area contributed by atoms with Gasteiger partial charge in [-0.2, -0.15) is 0 Å². The summed E-state index contributed by atoms with van der Waals surface area (Å²) in [6.07, 6.45) is 0. The van der Waals surface area contributed by atoms with Crippen molar-refractivity contribution in [2.45, 2.75) is 0 Å². The number of ether oxygens (including phenoxy) is 1. The van der Waals surface area contributed by atoms with Crippen molar-refractivity contribution in [3.8, 4) is 10.4 Å². The maximum atomic E-state index is 12.9. The van der Waals surface area contributed by atoms with Gasteiger partial charge in [0.05, 0.1) is 5.69 Å². The number of nitrogens with zero attached hydrogens (tertiary/aromatic N) is 1. The number of hydrogen-bond acceptors (Lipinski definition) is 4. The minimum atomic E-state index is -0.430. The van der Waals surface area contributed by atoms with Gasteiger partial charge >= 0.3 is 5.97 Å². The number of anilines is 1. The molecule has 7 heteroatoms. The Bertz CT molecular complexity index is 997. The Morgan fingerprint density at radius 3 is 2.42 bits per heavy atom. The number of cyclic esters (lactones) is 1. The third-order valence-corrected chi connectivity index (χ3v) is 5.52. The lowest BCUT2D eigenvalue weighted by molar-refractivity contribution is 0.0481. The number of benzene rings is 2. The van der Waals surface area contributed by atoms with Gasteiger partial charge < -0.3 is 4.74 Å². The molecule has 0 fully saturated rings. The number of hydrogen-bond donors (Lipinski definition) is 0. The van der Waals surface area contributed by atoms with E-state index in [-0.39, 0.29) is 12.6 Å². The lowest BCUT2D eigenvalue weighted by Gasteiger charge is -2.26. The molecule has 130 valence electrons. The summed E-state index contributed by atoms with van der Waals surface area (Å²) in [5, 5.41) is 0.732. The molecule has 4 rings (SSSR count). The van der Waals surface area contributed by atoms with Crippen LogP contribution in [0.2, 0.25) is 10.0 Å². The summed E-state index contributed by atoms with van der Waals surface area (Å²) in [4.78, 5) is 27.8. The van der Waals surface area contributed by atoms with Crippen LogP contribution in [-0.2, 0) is 4.74 Å². The van der Waals surface area contributed by atoms with Crippen LogP contribution in [0, 0.1) is 0 Å². The van der Waals surface area contributed by atoms with E-state index < -0.39 is 5.97 Å². The molecular formula is C19H11Cl2NO3S. The first kappa shape index (κ1) is 17.1. The molecule has 0 aliphatic carbocycles. The van der Waals surface area contributed by atoms with Gasteiger partial charge in [0.2, 0.25) is 0 Å². The van der Waals surface area contributed by atoms with Gasteiger partial charge in [-0.15, -0.1) is 11.3 Å². The van der Waals surface area contributed by atoms with E-state index in [2.05, 4.69) is 0 Å². The van der Waals surface area contributed by atoms with Crippen LogP contribution in [0.15, 0.2) is 54.6 Å². The van der Waals surface area contributed by atoms with Gasteiger partial charge in [0.25, 0.3) is 5.91 Å². The van der Waals surface area contributed by atoms with Crippen molar-refractivity contribution in [2.24, 2.45) is 0 Å². The zero-order valence-electron chi connectivity index (χ0n) is 13.2. The Morgan fingerprint density at radius 1 is 1.04 bits per heavy atom. The Labute approximate surface area is 163 Å². The predicted octanol–water partition coefficient (Wildman–Crippen LogP) is 5.50. The predicted molar refractivity (Wildman–Crippen MR) is 103 cm³/mol. The van der Waals surface area contributed by atoms with Crippen LogP contribution < -0.4 is 4.90 Å². The SMILES string of the molecule is O=C1OCN(C(=O)c2cc(Cl)cc(Cl)c2)c2cc(-c3ccccc3)sc21. The molecule has 1 aliphatic rings. The monoisotopic (exact) mass is 403 g/mol. The van der Waals surface area contributed by atoms with Crippen molar-refractivity contribution in [1.82, 2.24) is 0 Å². The molecule has 0 bridgehead atoms. The third-order valence-electron chi connectivity index (χ3n) is 3.93. The molecule has 0 radical (unpaired) electrons. The first-order chi connectivity index (χ1) is 12.5. The first-order valence-electron chi connectivity index (χ1n) is 7.67. The molecule has 1 amide bonds. The van der Waals surface area contributed by atoms with E-state index in [0.717, 1.165) is 10.4 Å². The number of amides is 1. The maximum absolute atomic E-state index is 12.9. The molecule has 0 N–H and O–H groups in total. The number of halogens is 2. The quantitative estimate of drug-likeness (QED) is 0.530. The van der Waals surface area contributed by atoms with Crippen molar-refractivity contribution in [2.75, 3.05) is 11.6 Å². The summed E-state index contributed by atoms with van der Waals surface area (Å²) in [6, 6.07) is 16.1. The number of thiophene rings is 1. The fourth-order valence-corrected chi connectivity index (χ4v) is 4.32. The smallest absolute Gasteiger partial charge is 0.352 e. The normalized spacial score (nSPS) is 13.3. The summed E-state index contributed by atoms with van der Waals surface area (Å²) in [6.45, 7) is -0.153. The number of rotatable bonds is 2. The molecule has 0 unspecified atom stereocenters. The fraction of sp³-hybridized carbons (Fsp3) is 0.0526. The average Bonchev–Trinajstić information content (AvgIpc) is 3.08. The van der Waals surface area contributed by atoms with Crippen molar-refractivity contribution < 1.29 is 14.3 Å². The van der Waals surface area contributed by atoms with Crippen LogP contribution in [0.5, 0.6) is 0 Å². The second-order valence-corrected chi connectivity index (χ2v) is 7.57. The van der Waals surface area contributed by atoms with Gasteiger partial charge in [0.1, 0.15) is 4.88 Å². The summed E-state index contributed by atoms with van der Waals surface area (Å²) in [5.41, 5.74) is 1.84. The molecule has 0 atom stereocenters. The molecule has 4 nitrogen and oxygen atoms in total. The summed E-state index contributed by atoms with van der Waals surface area (Å²) in [7, 11) is 0. The lowest BCUT2D eigenvalue weighted by atomic mass is 10.1. The van der Waals surface area contributed by atoms with Crippen LogP contribution in [0.4, 0.5) is 5.69 Å². The Morgan fingerprint density at radius 2 is 1.73 bits per heavy atom. The average molecular weight is 404 g/mol. The van der Waals surface area contributed by atoms with Crippen LogP contribution in [-0.4, -0.2) is 18.6 Å². The molecule has 3 aromatic rings. The van der Waals surface area contributed by atoms with E-state index in [9.17, 15) is 9.59 Å². The minimum Gasteiger partial charge on any atom is -0.440 e. The van der Waals surface area contributed by atoms with Crippen molar-refractivity contribution in [3.05, 3.63) is 75.1 Å². The number of carbonyl (C=O) groups is 2. The van der Waals surface area contributed by atoms with E-state index in [4.69, 9.17) is 27.9 Å². The van der Waals surface area contributed by atoms with E-state index in [1.807, 2.05) is 36.4 Å². The van der Waals surface area contributed by atoms with Gasteiger partial charge in [-0.1, -0.05) is 53.5 Å². The topological polar surface area (TPSA) is 46.6 Å². The number of esters is 1. The molecule has 1 aliphatic heterocycles. The lowest BCUT2D eigenvalue weighted by Crippen LogP contribution is -2.38. The Balaban J connectivity index is 1.76. The van der Waals surface area contributed by atoms with Crippen LogP contribution in [0.1, 0.15) is 20.0 Å². The van der Waals surface area contributed by atoms with E-state index in [0.29, 0.717) is 26.2 Å². The zero-order chi connectivity index (χ0) is 18.3. The van der Waals surface area contributed by atoms with Crippen molar-refractivity contribution in [3.63, 3.8) is 0 Å². The number of carbonyl (C=O) groups excluding carboxylic acids is 2. The first-order valence-corrected chi connectivity index (χ1v) is 9.24. The Hall–Kier alpha value is -2.34. The second kappa shape index (κ2) is 6.76. The molecule has 2 heterocycles. The molecule has 1 aromatic heterocycles. The van der Waals surface area contributed by atoms with E-state index in [1.165, 1.54) is 28.4 Å². The summed E-state index contributed by atoms with van der Waals surface area (Å²) in [5.74, 6) is -0.763. The zero-order valence-corrected chi connectivity index (χ0v) is 15.6. The minimum absolute atomic E-state index is 0.153. The molecule has 2 aromatic carbocycles. The van der Waals surface area contributed by atoms with Gasteiger partial charge in [-0.25, -0.2) is 4.79 Å². The van der Waals surface area contributed by atoms with Crippen LogP contribution in [0.3, 0.4) is 0 Å². The van der Waals surface area contributed by atoms with Crippen molar-refractivity contribution in [1.29, 1.82) is 0 Å². The van der Waals surface area contributed by atoms with Gasteiger partial charge in [-0.3, -0.25) is 9.69 Å². The summed E-state index contributed by atoms with van der Waals surface area (Å²) >= 11 is 13.3. The highest BCUT2D eigenvalue weighted by Crippen LogP contribution is 2.40. The second-order valence-electron chi connectivity index (χ2n) is 5.64. The molecular weight excluding hydrogens is 393 g/mol. The van der Waals surface area contributed by atoms with Crippen LogP contribution >= 0.6 is 34.5 Å². The largest absolute Gasteiger partial charge is 0.440 e. The molecule has 0 spiro atoms. The maximum Gasteiger partial charge on any atom is 0.352 e. The Kier molecular flexibility index (Phi) is 4.44. The van der Waals surface area contributed by atoms with Crippen LogP contribution in [0.25, 0.3) is 10.4 Å². The summed E-state index contributed by atoms with van der Waals surface area (Å²) < 4.78 is 5.18. The fourth-order valence-electron chi connectivity index (χ4n) is 2.73. The highest BCUT2D eigenvalue weighted by atomic mass is 35.5. The number of fused-ring (bicyclic) bond motifs is 1. The highest BCUT2D eigenvalue weighted by molar-refractivity contribution is 7.18. The molecule has 0 saturated heterocycles.